The van der Waals surface area contributed by atoms with E-state index in [9.17, 15) is 4.79 Å². The number of aromatic nitrogens is 2. The summed E-state index contributed by atoms with van der Waals surface area (Å²) in [6, 6.07) is 10.1. The molecular formula is C20H23ClN4O. The predicted molar refractivity (Wildman–Crippen MR) is 102 cm³/mol. The van der Waals surface area contributed by atoms with Gasteiger partial charge in [-0.05, 0) is 38.2 Å². The number of rotatable bonds is 6. The third-order valence-electron chi connectivity index (χ3n) is 4.96. The summed E-state index contributed by atoms with van der Waals surface area (Å²) >= 11 is 6.66. The van der Waals surface area contributed by atoms with E-state index in [1.807, 2.05) is 32.0 Å². The van der Waals surface area contributed by atoms with Crippen molar-refractivity contribution >= 4 is 23.5 Å². The molecule has 5 nitrogen and oxygen atoms in total. The van der Waals surface area contributed by atoms with Crippen molar-refractivity contribution in [2.45, 2.75) is 44.7 Å². The van der Waals surface area contributed by atoms with Crippen LogP contribution < -0.4 is 5.32 Å². The number of anilines is 1. The molecule has 0 spiro atoms. The Morgan fingerprint density at radius 1 is 1.23 bits per heavy atom. The Morgan fingerprint density at radius 3 is 2.62 bits per heavy atom. The highest BCUT2D eigenvalue weighted by Gasteiger charge is 2.41. The van der Waals surface area contributed by atoms with Crippen molar-refractivity contribution in [3.05, 3.63) is 52.8 Å². The standard InChI is InChI=1S/C20H23ClN4O/c1-12(2)25-18(21)16-15(10-13-6-4-3-5-7-13)23-20(22-11-14-8-9-14)24-17(16)19(25)26/h3-7,12,14,18H,8-11H2,1-2H3,(H,22,23,24). The molecule has 1 atom stereocenters. The van der Waals surface area contributed by atoms with Crippen LogP contribution in [-0.4, -0.2) is 33.4 Å². The van der Waals surface area contributed by atoms with Gasteiger partial charge >= 0.3 is 0 Å². The number of nitrogens with one attached hydrogen (secondary N) is 1. The number of alkyl halides is 1. The number of carbonyl (C=O) groups excluding carboxylic acids is 1. The van der Waals surface area contributed by atoms with Crippen LogP contribution in [0, 0.1) is 5.92 Å². The van der Waals surface area contributed by atoms with E-state index in [0.29, 0.717) is 24.0 Å². The van der Waals surface area contributed by atoms with Crippen LogP contribution in [0.1, 0.15) is 59.5 Å². The quantitative estimate of drug-likeness (QED) is 0.617. The van der Waals surface area contributed by atoms with Crippen LogP contribution in [0.3, 0.4) is 0 Å². The molecule has 1 aliphatic carbocycles. The second kappa shape index (κ2) is 6.88. The number of fused-ring (bicyclic) bond motifs is 1. The Labute approximate surface area is 158 Å². The van der Waals surface area contributed by atoms with Crippen LogP contribution in [0.4, 0.5) is 5.95 Å². The third-order valence-corrected chi connectivity index (χ3v) is 5.39. The summed E-state index contributed by atoms with van der Waals surface area (Å²) in [5.74, 6) is 1.12. The Hall–Kier alpha value is -2.14. The van der Waals surface area contributed by atoms with E-state index in [1.165, 1.54) is 12.8 Å². The van der Waals surface area contributed by atoms with Gasteiger partial charge in [-0.2, -0.15) is 0 Å². The van der Waals surface area contributed by atoms with Crippen LogP contribution >= 0.6 is 11.6 Å². The fourth-order valence-electron chi connectivity index (χ4n) is 3.35. The highest BCUT2D eigenvalue weighted by atomic mass is 35.5. The van der Waals surface area contributed by atoms with Gasteiger partial charge in [0.15, 0.2) is 0 Å². The average Bonchev–Trinajstić information content (AvgIpc) is 3.40. The van der Waals surface area contributed by atoms with E-state index in [4.69, 9.17) is 16.6 Å². The number of carbonyl (C=O) groups is 1. The summed E-state index contributed by atoms with van der Waals surface area (Å²) in [6.45, 7) is 4.79. The van der Waals surface area contributed by atoms with E-state index < -0.39 is 5.50 Å². The van der Waals surface area contributed by atoms with Gasteiger partial charge in [0.2, 0.25) is 5.95 Å². The topological polar surface area (TPSA) is 58.1 Å². The van der Waals surface area contributed by atoms with Gasteiger partial charge in [-0.25, -0.2) is 9.97 Å². The van der Waals surface area contributed by atoms with Gasteiger partial charge in [-0.3, -0.25) is 4.79 Å². The molecule has 1 N–H and O–H groups in total. The zero-order valence-electron chi connectivity index (χ0n) is 15.1. The maximum Gasteiger partial charge on any atom is 0.274 e. The number of amides is 1. The lowest BCUT2D eigenvalue weighted by Crippen LogP contribution is -2.32. The van der Waals surface area contributed by atoms with Gasteiger partial charge in [0.05, 0.1) is 5.69 Å². The van der Waals surface area contributed by atoms with E-state index in [1.54, 1.807) is 4.90 Å². The van der Waals surface area contributed by atoms with E-state index in [0.717, 1.165) is 23.4 Å². The van der Waals surface area contributed by atoms with E-state index in [-0.39, 0.29) is 11.9 Å². The van der Waals surface area contributed by atoms with Crippen molar-refractivity contribution in [2.24, 2.45) is 5.92 Å². The molecule has 6 heteroatoms. The monoisotopic (exact) mass is 370 g/mol. The maximum atomic E-state index is 12.9. The molecule has 1 fully saturated rings. The molecular weight excluding hydrogens is 348 g/mol. The first-order valence-electron chi connectivity index (χ1n) is 9.20. The lowest BCUT2D eigenvalue weighted by molar-refractivity contribution is 0.0716. The van der Waals surface area contributed by atoms with Crippen molar-refractivity contribution in [2.75, 3.05) is 11.9 Å². The van der Waals surface area contributed by atoms with Crippen molar-refractivity contribution in [1.82, 2.24) is 14.9 Å². The van der Waals surface area contributed by atoms with Crippen LogP contribution in [0.25, 0.3) is 0 Å². The van der Waals surface area contributed by atoms with E-state index in [2.05, 4.69) is 22.4 Å². The Kier molecular flexibility index (Phi) is 4.57. The molecule has 0 bridgehead atoms. The summed E-state index contributed by atoms with van der Waals surface area (Å²) in [5.41, 5.74) is 2.65. The summed E-state index contributed by atoms with van der Waals surface area (Å²) in [5, 5.41) is 3.31. The number of benzene rings is 1. The second-order valence-electron chi connectivity index (χ2n) is 7.38. The molecule has 0 saturated heterocycles. The molecule has 2 aliphatic rings. The normalized spacial score (nSPS) is 19.2. The molecule has 0 radical (unpaired) electrons. The maximum absolute atomic E-state index is 12.9. The molecule has 4 rings (SSSR count). The Morgan fingerprint density at radius 2 is 1.96 bits per heavy atom. The minimum absolute atomic E-state index is 0.00616. The van der Waals surface area contributed by atoms with Crippen molar-refractivity contribution < 1.29 is 4.79 Å². The first-order chi connectivity index (χ1) is 12.5. The van der Waals surface area contributed by atoms with Crippen LogP contribution in [-0.2, 0) is 6.42 Å². The van der Waals surface area contributed by atoms with Gasteiger partial charge in [-0.15, -0.1) is 0 Å². The zero-order chi connectivity index (χ0) is 18.3. The van der Waals surface area contributed by atoms with E-state index >= 15 is 0 Å². The Balaban J connectivity index is 1.73. The smallest absolute Gasteiger partial charge is 0.274 e. The molecule has 26 heavy (non-hydrogen) atoms. The fraction of sp³-hybridized carbons (Fsp3) is 0.450. The Bertz CT molecular complexity index is 820. The van der Waals surface area contributed by atoms with Crippen molar-refractivity contribution in [3.8, 4) is 0 Å². The highest BCUT2D eigenvalue weighted by molar-refractivity contribution is 6.24. The van der Waals surface area contributed by atoms with Gasteiger partial charge < -0.3 is 10.2 Å². The van der Waals surface area contributed by atoms with Crippen molar-refractivity contribution in [3.63, 3.8) is 0 Å². The molecule has 2 aromatic rings. The minimum atomic E-state index is -0.520. The summed E-state index contributed by atoms with van der Waals surface area (Å²) in [6.07, 6.45) is 3.13. The number of hydrogen-bond donors (Lipinski definition) is 1. The number of hydrogen-bond acceptors (Lipinski definition) is 4. The molecule has 1 aliphatic heterocycles. The third kappa shape index (κ3) is 3.28. The lowest BCUT2D eigenvalue weighted by Gasteiger charge is -2.24. The first-order valence-corrected chi connectivity index (χ1v) is 9.63. The second-order valence-corrected chi connectivity index (χ2v) is 7.80. The molecule has 1 aromatic carbocycles. The molecule has 1 saturated carbocycles. The minimum Gasteiger partial charge on any atom is -0.354 e. The van der Waals surface area contributed by atoms with Gasteiger partial charge in [0.25, 0.3) is 5.91 Å². The lowest BCUT2D eigenvalue weighted by atomic mass is 10.0. The average molecular weight is 371 g/mol. The van der Waals surface area contributed by atoms with Crippen LogP contribution in [0.5, 0.6) is 0 Å². The SMILES string of the molecule is CC(C)N1C(=O)c2nc(NCC3CC3)nc(Cc3ccccc3)c2C1Cl. The molecule has 1 amide bonds. The molecule has 1 aromatic heterocycles. The predicted octanol–water partition coefficient (Wildman–Crippen LogP) is 3.99. The van der Waals surface area contributed by atoms with Gasteiger partial charge in [0.1, 0.15) is 11.2 Å². The van der Waals surface area contributed by atoms with Crippen LogP contribution in [0.15, 0.2) is 30.3 Å². The van der Waals surface area contributed by atoms with Gasteiger partial charge in [-0.1, -0.05) is 41.9 Å². The largest absolute Gasteiger partial charge is 0.354 e. The highest BCUT2D eigenvalue weighted by Crippen LogP contribution is 2.40. The molecule has 2 heterocycles. The molecule has 1 unspecified atom stereocenters. The molecule has 136 valence electrons. The number of nitrogens with zero attached hydrogens (tertiary/aromatic N) is 3. The summed E-state index contributed by atoms with van der Waals surface area (Å²) in [7, 11) is 0. The fourth-order valence-corrected chi connectivity index (χ4v) is 3.89. The number of halogens is 1. The van der Waals surface area contributed by atoms with Gasteiger partial charge in [0, 0.05) is 24.6 Å². The first kappa shape index (κ1) is 17.3. The summed E-state index contributed by atoms with van der Waals surface area (Å²) in [4.78, 5) is 23.8. The van der Waals surface area contributed by atoms with Crippen LogP contribution in [0.2, 0.25) is 0 Å². The zero-order valence-corrected chi connectivity index (χ0v) is 15.8. The summed E-state index contributed by atoms with van der Waals surface area (Å²) < 4.78 is 0. The van der Waals surface area contributed by atoms with Crippen molar-refractivity contribution in [1.29, 1.82) is 0 Å².